The molecule has 0 amide bonds. The summed E-state index contributed by atoms with van der Waals surface area (Å²) in [4.78, 5) is 10.9. The first-order valence-electron chi connectivity index (χ1n) is 10.00. The van der Waals surface area contributed by atoms with E-state index in [4.69, 9.17) is 10.2 Å². The monoisotopic (exact) mass is 443 g/mol. The van der Waals surface area contributed by atoms with Gasteiger partial charge in [0.15, 0.2) is 17.0 Å². The number of alkyl halides is 2. The Morgan fingerprint density at radius 2 is 1.94 bits per heavy atom. The van der Waals surface area contributed by atoms with E-state index in [1.54, 1.807) is 9.58 Å². The van der Waals surface area contributed by atoms with Gasteiger partial charge in [-0.3, -0.25) is 0 Å². The van der Waals surface area contributed by atoms with Crippen molar-refractivity contribution < 1.29 is 8.78 Å². The zero-order valence-corrected chi connectivity index (χ0v) is 18.5. The molecule has 1 fully saturated rings. The molecule has 31 heavy (non-hydrogen) atoms. The Labute approximate surface area is 183 Å². The number of benzene rings is 1. The van der Waals surface area contributed by atoms with Gasteiger partial charge in [-0.2, -0.15) is 5.26 Å². The summed E-state index contributed by atoms with van der Waals surface area (Å²) in [6.07, 6.45) is -0.207. The van der Waals surface area contributed by atoms with Crippen LogP contribution in [0.15, 0.2) is 24.3 Å². The van der Waals surface area contributed by atoms with Crippen molar-refractivity contribution in [1.29, 1.82) is 5.26 Å². The molecular weight excluding hydrogens is 420 g/mol. The minimum absolute atomic E-state index is 0.207. The highest BCUT2D eigenvalue weighted by molar-refractivity contribution is 8.02. The van der Waals surface area contributed by atoms with Crippen LogP contribution in [0.25, 0.3) is 11.2 Å². The number of hydrogen-bond donors (Lipinski definition) is 0. The molecule has 1 aromatic carbocycles. The highest BCUT2D eigenvalue weighted by atomic mass is 32.2. The maximum absolute atomic E-state index is 13.9. The maximum atomic E-state index is 13.9. The van der Waals surface area contributed by atoms with Crippen molar-refractivity contribution in [2.75, 3.05) is 18.0 Å². The van der Waals surface area contributed by atoms with Gasteiger partial charge in [0, 0.05) is 24.1 Å². The van der Waals surface area contributed by atoms with E-state index in [1.165, 1.54) is 11.8 Å². The van der Waals surface area contributed by atoms with E-state index in [-0.39, 0.29) is 24.9 Å². The molecule has 0 N–H and O–H groups in total. The first-order valence-corrected chi connectivity index (χ1v) is 11.0. The molecule has 0 spiro atoms. The van der Waals surface area contributed by atoms with Gasteiger partial charge in [-0.1, -0.05) is 50.3 Å². The van der Waals surface area contributed by atoms with E-state index in [9.17, 15) is 8.78 Å². The van der Waals surface area contributed by atoms with Crippen molar-refractivity contribution >= 4 is 28.7 Å². The van der Waals surface area contributed by atoms with Gasteiger partial charge in [-0.05, 0) is 22.9 Å². The third-order valence-electron chi connectivity index (χ3n) is 5.22. The van der Waals surface area contributed by atoms with Crippen LogP contribution in [-0.2, 0) is 17.7 Å². The van der Waals surface area contributed by atoms with Crippen LogP contribution >= 0.6 is 11.8 Å². The van der Waals surface area contributed by atoms with Gasteiger partial charge in [0.1, 0.15) is 11.2 Å². The van der Waals surface area contributed by atoms with Crippen LogP contribution in [0.2, 0.25) is 0 Å². The van der Waals surface area contributed by atoms with Crippen LogP contribution in [0, 0.1) is 10.7 Å². The van der Waals surface area contributed by atoms with E-state index >= 15 is 0 Å². The average molecular weight is 444 g/mol. The molecule has 3 heterocycles. The van der Waals surface area contributed by atoms with Gasteiger partial charge in [0.25, 0.3) is 5.92 Å². The Kier molecular flexibility index (Phi) is 5.56. The lowest BCUT2D eigenvalue weighted by Gasteiger charge is -2.22. The van der Waals surface area contributed by atoms with Crippen LogP contribution in [0.3, 0.4) is 0 Å². The minimum atomic E-state index is -2.74. The van der Waals surface area contributed by atoms with Crippen molar-refractivity contribution in [3.05, 3.63) is 41.2 Å². The molecule has 7 nitrogen and oxygen atoms in total. The van der Waals surface area contributed by atoms with Gasteiger partial charge in [-0.15, -0.1) is 5.10 Å². The number of thiocyanates is 1. The summed E-state index contributed by atoms with van der Waals surface area (Å²) < 4.78 is 29.5. The summed E-state index contributed by atoms with van der Waals surface area (Å²) >= 11 is 1.17. The first-order chi connectivity index (χ1) is 14.7. The predicted octanol–water partition coefficient (Wildman–Crippen LogP) is 4.13. The fourth-order valence-electron chi connectivity index (χ4n) is 3.54. The lowest BCUT2D eigenvalue weighted by atomic mass is 9.96. The van der Waals surface area contributed by atoms with E-state index < -0.39 is 5.92 Å². The summed E-state index contributed by atoms with van der Waals surface area (Å²) in [7, 11) is 0. The van der Waals surface area contributed by atoms with Crippen LogP contribution in [0.4, 0.5) is 14.6 Å². The van der Waals surface area contributed by atoms with Crippen molar-refractivity contribution in [3.8, 4) is 5.40 Å². The van der Waals surface area contributed by atoms with Gasteiger partial charge in [-0.25, -0.2) is 23.4 Å². The quantitative estimate of drug-likeness (QED) is 0.548. The Hall–Kier alpha value is -2.80. The normalized spacial score (nSPS) is 16.1. The molecular formula is C21H23F2N7S. The Bertz CT molecular complexity index is 1150. The molecule has 1 saturated heterocycles. The van der Waals surface area contributed by atoms with Gasteiger partial charge < -0.3 is 4.90 Å². The Morgan fingerprint density at radius 1 is 1.19 bits per heavy atom. The zero-order valence-electron chi connectivity index (χ0n) is 17.6. The number of nitrogens with zero attached hydrogens (tertiary/aromatic N) is 7. The van der Waals surface area contributed by atoms with Crippen LogP contribution in [-0.4, -0.2) is 44.0 Å². The van der Waals surface area contributed by atoms with Crippen molar-refractivity contribution in [3.63, 3.8) is 0 Å². The molecule has 0 aliphatic carbocycles. The first kappa shape index (κ1) is 21.4. The fraction of sp³-hybridized carbons (Fsp3) is 0.476. The average Bonchev–Trinajstić information content (AvgIpc) is 3.29. The maximum Gasteiger partial charge on any atom is 0.266 e. The topological polar surface area (TPSA) is 83.5 Å². The van der Waals surface area contributed by atoms with Gasteiger partial charge in [0.2, 0.25) is 0 Å². The third-order valence-corrected chi connectivity index (χ3v) is 5.80. The highest BCUT2D eigenvalue weighted by Gasteiger charge is 2.40. The van der Waals surface area contributed by atoms with Gasteiger partial charge in [0.05, 0.1) is 13.1 Å². The van der Waals surface area contributed by atoms with Crippen LogP contribution < -0.4 is 4.90 Å². The van der Waals surface area contributed by atoms with Crippen LogP contribution in [0.5, 0.6) is 0 Å². The summed E-state index contributed by atoms with van der Waals surface area (Å²) in [6, 6.07) is 7.82. The predicted molar refractivity (Wildman–Crippen MR) is 116 cm³/mol. The number of fused-ring (bicyclic) bond motifs is 1. The Morgan fingerprint density at radius 3 is 2.58 bits per heavy atom. The second kappa shape index (κ2) is 8.04. The standard InChI is InChI=1S/C21H23F2N7S/c1-20(2,3)19-25-17(29-9-8-21(22,23)12-29)16-18(26-19)30(28-27-16)10-14-6-4-5-7-15(14)11-31-13-24/h4-7H,8-12H2,1-3H3. The molecule has 0 saturated carbocycles. The van der Waals surface area contributed by atoms with Crippen molar-refractivity contribution in [2.45, 2.75) is 50.8 Å². The molecule has 0 radical (unpaired) electrons. The second-order valence-electron chi connectivity index (χ2n) is 8.72. The lowest BCUT2D eigenvalue weighted by Crippen LogP contribution is -2.27. The van der Waals surface area contributed by atoms with E-state index in [2.05, 4.69) is 20.7 Å². The van der Waals surface area contributed by atoms with Gasteiger partial charge >= 0.3 is 0 Å². The molecule has 0 unspecified atom stereocenters. The molecule has 10 heteroatoms. The number of nitriles is 1. The van der Waals surface area contributed by atoms with E-state index in [0.29, 0.717) is 35.1 Å². The summed E-state index contributed by atoms with van der Waals surface area (Å²) in [5, 5.41) is 19.5. The third kappa shape index (κ3) is 4.46. The molecule has 1 aliphatic rings. The van der Waals surface area contributed by atoms with E-state index in [0.717, 1.165) is 11.1 Å². The smallest absolute Gasteiger partial charge is 0.266 e. The molecule has 0 bridgehead atoms. The van der Waals surface area contributed by atoms with Crippen molar-refractivity contribution in [2.24, 2.45) is 0 Å². The molecule has 3 aromatic rings. The molecule has 2 aromatic heterocycles. The number of anilines is 1. The molecule has 0 atom stereocenters. The van der Waals surface area contributed by atoms with Crippen LogP contribution in [0.1, 0.15) is 44.1 Å². The number of halogens is 2. The summed E-state index contributed by atoms with van der Waals surface area (Å²) in [5.74, 6) is -1.21. The minimum Gasteiger partial charge on any atom is -0.348 e. The molecule has 1 aliphatic heterocycles. The summed E-state index contributed by atoms with van der Waals surface area (Å²) in [5.41, 5.74) is 2.61. The van der Waals surface area contributed by atoms with E-state index in [1.807, 2.05) is 45.0 Å². The number of rotatable bonds is 5. The number of hydrogen-bond acceptors (Lipinski definition) is 7. The lowest BCUT2D eigenvalue weighted by molar-refractivity contribution is 0.0257. The second-order valence-corrected chi connectivity index (χ2v) is 9.48. The number of aromatic nitrogens is 5. The fourth-order valence-corrected chi connectivity index (χ4v) is 4.05. The summed E-state index contributed by atoms with van der Waals surface area (Å²) in [6.45, 7) is 6.19. The number of thioether (sulfide) groups is 1. The Balaban J connectivity index is 1.79. The molecule has 162 valence electrons. The molecule has 4 rings (SSSR count). The largest absolute Gasteiger partial charge is 0.348 e. The SMILES string of the molecule is CC(C)(C)c1nc(N2CCC(F)(F)C2)c2nnn(Cc3ccccc3CSC#N)c2n1. The highest BCUT2D eigenvalue weighted by Crippen LogP contribution is 2.34. The zero-order chi connectivity index (χ0) is 22.2. The van der Waals surface area contributed by atoms with Crippen molar-refractivity contribution in [1.82, 2.24) is 25.0 Å².